The van der Waals surface area contributed by atoms with Crippen LogP contribution < -0.4 is 5.32 Å². The first-order valence-electron chi connectivity index (χ1n) is 4.63. The van der Waals surface area contributed by atoms with E-state index in [1.807, 2.05) is 0 Å². The van der Waals surface area contributed by atoms with Crippen LogP contribution in [0.2, 0.25) is 0 Å². The van der Waals surface area contributed by atoms with Gasteiger partial charge in [0.15, 0.2) is 0 Å². The van der Waals surface area contributed by atoms with E-state index in [0.717, 1.165) is 12.8 Å². The van der Waals surface area contributed by atoms with Crippen LogP contribution in [0, 0.1) is 11.3 Å². The van der Waals surface area contributed by atoms with E-state index >= 15 is 0 Å². The number of nitrogens with one attached hydrogen (secondary N) is 1. The Morgan fingerprint density at radius 3 is 2.50 bits per heavy atom. The summed E-state index contributed by atoms with van der Waals surface area (Å²) in [5, 5.41) is 3.00. The SMILES string of the molecule is CC(C)[C@@H]1NC(=O)C12CC=CC2. The van der Waals surface area contributed by atoms with Crippen LogP contribution >= 0.6 is 0 Å². The highest BCUT2D eigenvalue weighted by Crippen LogP contribution is 2.45. The first-order chi connectivity index (χ1) is 5.67. The lowest BCUT2D eigenvalue weighted by molar-refractivity contribution is -0.147. The molecule has 12 heavy (non-hydrogen) atoms. The summed E-state index contributed by atoms with van der Waals surface area (Å²) in [5.41, 5.74) is -0.0475. The normalized spacial score (nSPS) is 30.9. The molecule has 1 spiro atoms. The minimum Gasteiger partial charge on any atom is -0.351 e. The van der Waals surface area contributed by atoms with Crippen molar-refractivity contribution in [1.29, 1.82) is 0 Å². The van der Waals surface area contributed by atoms with Crippen LogP contribution in [0.15, 0.2) is 12.2 Å². The highest BCUT2D eigenvalue weighted by atomic mass is 16.2. The van der Waals surface area contributed by atoms with E-state index < -0.39 is 0 Å². The van der Waals surface area contributed by atoms with Gasteiger partial charge in [0.25, 0.3) is 0 Å². The molecule has 1 aliphatic heterocycles. The van der Waals surface area contributed by atoms with E-state index in [1.165, 1.54) is 0 Å². The monoisotopic (exact) mass is 165 g/mol. The lowest BCUT2D eigenvalue weighted by atomic mass is 9.66. The molecule has 1 aliphatic carbocycles. The number of amides is 1. The summed E-state index contributed by atoms with van der Waals surface area (Å²) in [7, 11) is 0. The number of hydrogen-bond donors (Lipinski definition) is 1. The molecule has 1 fully saturated rings. The summed E-state index contributed by atoms with van der Waals surface area (Å²) in [6.45, 7) is 4.34. The van der Waals surface area contributed by atoms with Gasteiger partial charge in [-0.25, -0.2) is 0 Å². The molecule has 66 valence electrons. The van der Waals surface area contributed by atoms with Gasteiger partial charge in [0.2, 0.25) is 5.91 Å². The quantitative estimate of drug-likeness (QED) is 0.463. The van der Waals surface area contributed by atoms with Crippen LogP contribution in [0.5, 0.6) is 0 Å². The number of carbonyl (C=O) groups is 1. The number of rotatable bonds is 1. The summed E-state index contributed by atoms with van der Waals surface area (Å²) >= 11 is 0. The van der Waals surface area contributed by atoms with Gasteiger partial charge in [0.1, 0.15) is 0 Å². The first-order valence-corrected chi connectivity index (χ1v) is 4.63. The highest BCUT2D eigenvalue weighted by Gasteiger charge is 2.55. The molecular weight excluding hydrogens is 150 g/mol. The van der Waals surface area contributed by atoms with E-state index in [-0.39, 0.29) is 11.3 Å². The molecule has 0 radical (unpaired) electrons. The Balaban J connectivity index is 2.17. The van der Waals surface area contributed by atoms with Crippen molar-refractivity contribution in [2.45, 2.75) is 32.7 Å². The summed E-state index contributed by atoms with van der Waals surface area (Å²) < 4.78 is 0. The van der Waals surface area contributed by atoms with Crippen molar-refractivity contribution < 1.29 is 4.79 Å². The molecule has 1 atom stereocenters. The summed E-state index contributed by atoms with van der Waals surface area (Å²) in [5.74, 6) is 0.814. The van der Waals surface area contributed by atoms with Crippen molar-refractivity contribution in [3.8, 4) is 0 Å². The van der Waals surface area contributed by atoms with Gasteiger partial charge in [-0.1, -0.05) is 26.0 Å². The summed E-state index contributed by atoms with van der Waals surface area (Å²) in [6, 6.07) is 0.403. The maximum absolute atomic E-state index is 11.4. The zero-order valence-electron chi connectivity index (χ0n) is 7.63. The molecule has 2 aliphatic rings. The predicted molar refractivity (Wildman–Crippen MR) is 47.6 cm³/mol. The first kappa shape index (κ1) is 7.84. The Morgan fingerprint density at radius 1 is 1.50 bits per heavy atom. The number of β-lactam (4-membered cyclic amide) rings is 1. The van der Waals surface area contributed by atoms with Gasteiger partial charge in [0.05, 0.1) is 5.41 Å². The van der Waals surface area contributed by atoms with Crippen LogP contribution in [-0.2, 0) is 4.79 Å². The fraction of sp³-hybridized carbons (Fsp3) is 0.700. The average Bonchev–Trinajstić information content (AvgIpc) is 2.49. The van der Waals surface area contributed by atoms with Crippen molar-refractivity contribution >= 4 is 5.91 Å². The number of hydrogen-bond acceptors (Lipinski definition) is 1. The maximum atomic E-state index is 11.4. The van der Waals surface area contributed by atoms with E-state index in [1.54, 1.807) is 0 Å². The fourth-order valence-corrected chi connectivity index (χ4v) is 2.40. The highest BCUT2D eigenvalue weighted by molar-refractivity contribution is 5.91. The van der Waals surface area contributed by atoms with Gasteiger partial charge in [-0.05, 0) is 18.8 Å². The molecule has 0 bridgehead atoms. The third-order valence-corrected chi connectivity index (χ3v) is 3.13. The van der Waals surface area contributed by atoms with Gasteiger partial charge < -0.3 is 5.32 Å². The predicted octanol–water partition coefficient (Wildman–Crippen LogP) is 1.48. The van der Waals surface area contributed by atoms with Crippen molar-refractivity contribution in [3.63, 3.8) is 0 Å². The lowest BCUT2D eigenvalue weighted by Crippen LogP contribution is -2.68. The Bertz CT molecular complexity index is 234. The van der Waals surface area contributed by atoms with Gasteiger partial charge in [-0.15, -0.1) is 0 Å². The number of carbonyl (C=O) groups excluding carboxylic acids is 1. The van der Waals surface area contributed by atoms with Crippen molar-refractivity contribution in [3.05, 3.63) is 12.2 Å². The molecule has 1 N–H and O–H groups in total. The molecule has 2 nitrogen and oxygen atoms in total. The zero-order valence-corrected chi connectivity index (χ0v) is 7.63. The van der Waals surface area contributed by atoms with E-state index in [9.17, 15) is 4.79 Å². The second-order valence-electron chi connectivity index (χ2n) is 4.23. The lowest BCUT2D eigenvalue weighted by Gasteiger charge is -2.48. The summed E-state index contributed by atoms with van der Waals surface area (Å²) in [6.07, 6.45) is 6.16. The molecule has 0 aromatic carbocycles. The fourth-order valence-electron chi connectivity index (χ4n) is 2.40. The van der Waals surface area contributed by atoms with Crippen LogP contribution in [-0.4, -0.2) is 11.9 Å². The minimum atomic E-state index is -0.0475. The maximum Gasteiger partial charge on any atom is 0.229 e. The molecule has 0 saturated carbocycles. The molecule has 2 rings (SSSR count). The molecule has 1 saturated heterocycles. The van der Waals surface area contributed by atoms with Crippen LogP contribution in [0.4, 0.5) is 0 Å². The Labute approximate surface area is 73.0 Å². The van der Waals surface area contributed by atoms with Gasteiger partial charge in [-0.3, -0.25) is 4.79 Å². The van der Waals surface area contributed by atoms with Crippen molar-refractivity contribution in [2.75, 3.05) is 0 Å². The molecule has 0 aromatic heterocycles. The topological polar surface area (TPSA) is 29.1 Å². The van der Waals surface area contributed by atoms with Crippen molar-refractivity contribution in [2.24, 2.45) is 11.3 Å². The van der Waals surface area contributed by atoms with E-state index in [0.29, 0.717) is 12.0 Å². The molecule has 1 heterocycles. The average molecular weight is 165 g/mol. The Morgan fingerprint density at radius 2 is 2.08 bits per heavy atom. The Hall–Kier alpha value is -0.790. The largest absolute Gasteiger partial charge is 0.351 e. The van der Waals surface area contributed by atoms with E-state index in [2.05, 4.69) is 31.3 Å². The minimum absolute atomic E-state index is 0.0475. The third kappa shape index (κ3) is 0.780. The van der Waals surface area contributed by atoms with Crippen LogP contribution in [0.3, 0.4) is 0 Å². The zero-order chi connectivity index (χ0) is 8.77. The Kier molecular flexibility index (Phi) is 1.53. The summed E-state index contributed by atoms with van der Waals surface area (Å²) in [4.78, 5) is 11.4. The van der Waals surface area contributed by atoms with Gasteiger partial charge >= 0.3 is 0 Å². The van der Waals surface area contributed by atoms with Gasteiger partial charge in [0, 0.05) is 6.04 Å². The van der Waals surface area contributed by atoms with E-state index in [4.69, 9.17) is 0 Å². The van der Waals surface area contributed by atoms with Crippen LogP contribution in [0.1, 0.15) is 26.7 Å². The molecule has 0 aromatic rings. The molecule has 2 heteroatoms. The molecule has 0 unspecified atom stereocenters. The van der Waals surface area contributed by atoms with Gasteiger partial charge in [-0.2, -0.15) is 0 Å². The smallest absolute Gasteiger partial charge is 0.229 e. The van der Waals surface area contributed by atoms with Crippen LogP contribution in [0.25, 0.3) is 0 Å². The second-order valence-corrected chi connectivity index (χ2v) is 4.23. The molecular formula is C10H15NO. The third-order valence-electron chi connectivity index (χ3n) is 3.13. The van der Waals surface area contributed by atoms with Crippen molar-refractivity contribution in [1.82, 2.24) is 5.32 Å². The second kappa shape index (κ2) is 2.35. The molecule has 1 amide bonds. The standard InChI is InChI=1S/C10H15NO/c1-7(2)8-10(9(12)11-8)5-3-4-6-10/h3-4,7-8H,5-6H2,1-2H3,(H,11,12)/t8-/m0/s1. The number of allylic oxidation sites excluding steroid dienone is 2.